The summed E-state index contributed by atoms with van der Waals surface area (Å²) in [6, 6.07) is 12.5. The zero-order chi connectivity index (χ0) is 25.5. The molecule has 186 valence electrons. The molecule has 0 bridgehead atoms. The van der Waals surface area contributed by atoms with Crippen LogP contribution < -0.4 is 14.4 Å². The van der Waals surface area contributed by atoms with Crippen molar-refractivity contribution in [2.45, 2.75) is 33.4 Å². The third-order valence-electron chi connectivity index (χ3n) is 5.14. The van der Waals surface area contributed by atoms with Crippen LogP contribution in [0.2, 0.25) is 5.02 Å². The number of amides is 2. The Balaban J connectivity index is 2.37. The monoisotopic (exact) mass is 509 g/mol. The number of nitrogens with one attached hydrogen (secondary N) is 1. The summed E-state index contributed by atoms with van der Waals surface area (Å²) in [7, 11) is -2.33. The zero-order valence-corrected chi connectivity index (χ0v) is 21.7. The van der Waals surface area contributed by atoms with Crippen LogP contribution in [0.5, 0.6) is 5.75 Å². The molecule has 2 amide bonds. The number of hydrogen-bond donors (Lipinski definition) is 1. The van der Waals surface area contributed by atoms with E-state index in [9.17, 15) is 18.0 Å². The van der Waals surface area contributed by atoms with E-state index >= 15 is 0 Å². The highest BCUT2D eigenvalue weighted by atomic mass is 35.5. The third kappa shape index (κ3) is 7.92. The highest BCUT2D eigenvalue weighted by Gasteiger charge is 2.30. The van der Waals surface area contributed by atoms with Crippen molar-refractivity contribution in [1.29, 1.82) is 0 Å². The van der Waals surface area contributed by atoms with Gasteiger partial charge in [0.2, 0.25) is 21.8 Å². The lowest BCUT2D eigenvalue weighted by Crippen LogP contribution is -2.51. The van der Waals surface area contributed by atoms with Gasteiger partial charge in [-0.15, -0.1) is 0 Å². The summed E-state index contributed by atoms with van der Waals surface area (Å²) >= 11 is 5.98. The summed E-state index contributed by atoms with van der Waals surface area (Å²) in [5, 5.41) is 3.39. The molecule has 0 unspecified atom stereocenters. The Morgan fingerprint density at radius 2 is 1.74 bits per heavy atom. The van der Waals surface area contributed by atoms with Crippen molar-refractivity contribution in [2.24, 2.45) is 5.92 Å². The van der Waals surface area contributed by atoms with Crippen LogP contribution in [-0.4, -0.2) is 57.6 Å². The van der Waals surface area contributed by atoms with E-state index in [-0.39, 0.29) is 18.4 Å². The fourth-order valence-corrected chi connectivity index (χ4v) is 4.17. The van der Waals surface area contributed by atoms with Gasteiger partial charge in [0.15, 0.2) is 0 Å². The minimum Gasteiger partial charge on any atom is -0.497 e. The standard InChI is InChI=1S/C24H32ClN3O5S/c1-17(2)14-26-24(30)18(3)27(15-19-9-11-20(25)12-10-19)23(29)16-28(34(5,31)32)21-7-6-8-22(13-21)33-4/h6-13,17-18H,14-16H2,1-5H3,(H,26,30)/t18-/m1/s1. The van der Waals surface area contributed by atoms with Gasteiger partial charge in [0.25, 0.3) is 0 Å². The molecule has 10 heteroatoms. The van der Waals surface area contributed by atoms with Crippen LogP contribution in [0, 0.1) is 5.92 Å². The van der Waals surface area contributed by atoms with Gasteiger partial charge in [0, 0.05) is 24.2 Å². The Kier molecular flexibility index (Phi) is 9.76. The van der Waals surface area contributed by atoms with Crippen LogP contribution in [0.1, 0.15) is 26.3 Å². The molecule has 0 aliphatic rings. The molecular formula is C24H32ClN3O5S. The molecule has 0 saturated heterocycles. The molecule has 0 aromatic heterocycles. The Labute approximate surface area is 206 Å². The van der Waals surface area contributed by atoms with E-state index in [2.05, 4.69) is 5.32 Å². The van der Waals surface area contributed by atoms with E-state index in [1.807, 2.05) is 13.8 Å². The number of hydrogen-bond acceptors (Lipinski definition) is 5. The van der Waals surface area contributed by atoms with Crippen LogP contribution in [-0.2, 0) is 26.2 Å². The second-order valence-corrected chi connectivity index (χ2v) is 10.8. The average Bonchev–Trinajstić information content (AvgIpc) is 2.79. The predicted molar refractivity (Wildman–Crippen MR) is 134 cm³/mol. The first-order valence-corrected chi connectivity index (χ1v) is 13.1. The minimum atomic E-state index is -3.81. The number of sulfonamides is 1. The molecule has 1 N–H and O–H groups in total. The molecule has 0 fully saturated rings. The highest BCUT2D eigenvalue weighted by molar-refractivity contribution is 7.92. The Morgan fingerprint density at radius 3 is 2.29 bits per heavy atom. The molecule has 2 rings (SSSR count). The molecule has 0 aliphatic heterocycles. The number of ether oxygens (including phenoxy) is 1. The summed E-state index contributed by atoms with van der Waals surface area (Å²) in [5.74, 6) is -0.137. The van der Waals surface area contributed by atoms with Gasteiger partial charge in [0.1, 0.15) is 18.3 Å². The van der Waals surface area contributed by atoms with Crippen LogP contribution >= 0.6 is 11.6 Å². The molecule has 0 heterocycles. The highest BCUT2D eigenvalue weighted by Crippen LogP contribution is 2.24. The summed E-state index contributed by atoms with van der Waals surface area (Å²) in [4.78, 5) is 27.6. The first kappa shape index (κ1) is 27.5. The maximum absolute atomic E-state index is 13.5. The molecule has 0 spiro atoms. The molecule has 0 radical (unpaired) electrons. The Hall–Kier alpha value is -2.78. The van der Waals surface area contributed by atoms with Crippen LogP contribution in [0.15, 0.2) is 48.5 Å². The number of methoxy groups -OCH3 is 1. The predicted octanol–water partition coefficient (Wildman–Crippen LogP) is 3.30. The van der Waals surface area contributed by atoms with Crippen LogP contribution in [0.3, 0.4) is 0 Å². The van der Waals surface area contributed by atoms with E-state index < -0.39 is 28.5 Å². The van der Waals surface area contributed by atoms with E-state index in [1.165, 1.54) is 18.1 Å². The largest absolute Gasteiger partial charge is 0.497 e. The van der Waals surface area contributed by atoms with Crippen LogP contribution in [0.4, 0.5) is 5.69 Å². The number of anilines is 1. The number of carbonyl (C=O) groups is 2. The summed E-state index contributed by atoms with van der Waals surface area (Å²) in [5.41, 5.74) is 1.05. The van der Waals surface area contributed by atoms with Gasteiger partial charge in [0.05, 0.1) is 19.1 Å². The lowest BCUT2D eigenvalue weighted by molar-refractivity contribution is -0.139. The van der Waals surface area contributed by atoms with E-state index in [0.29, 0.717) is 23.0 Å². The van der Waals surface area contributed by atoms with Crippen molar-refractivity contribution in [1.82, 2.24) is 10.2 Å². The normalized spacial score (nSPS) is 12.2. The molecule has 2 aromatic rings. The second-order valence-electron chi connectivity index (χ2n) is 8.43. The fraction of sp³-hybridized carbons (Fsp3) is 0.417. The van der Waals surface area contributed by atoms with E-state index in [1.54, 1.807) is 49.4 Å². The van der Waals surface area contributed by atoms with E-state index in [4.69, 9.17) is 16.3 Å². The maximum Gasteiger partial charge on any atom is 0.244 e. The molecule has 34 heavy (non-hydrogen) atoms. The molecule has 0 saturated carbocycles. The van der Waals surface area contributed by atoms with Gasteiger partial charge in [-0.05, 0) is 42.7 Å². The fourth-order valence-electron chi connectivity index (χ4n) is 3.20. The molecule has 0 aliphatic carbocycles. The number of rotatable bonds is 11. The lowest BCUT2D eigenvalue weighted by atomic mass is 10.1. The first-order chi connectivity index (χ1) is 15.9. The second kappa shape index (κ2) is 12.1. The summed E-state index contributed by atoms with van der Waals surface area (Å²) < 4.78 is 31.4. The maximum atomic E-state index is 13.5. The van der Waals surface area contributed by atoms with Gasteiger partial charge in [-0.25, -0.2) is 8.42 Å². The van der Waals surface area contributed by atoms with Crippen LogP contribution in [0.25, 0.3) is 0 Å². The number of nitrogens with zero attached hydrogens (tertiary/aromatic N) is 2. The minimum absolute atomic E-state index is 0.113. The lowest BCUT2D eigenvalue weighted by Gasteiger charge is -2.31. The Morgan fingerprint density at radius 1 is 1.09 bits per heavy atom. The van der Waals surface area contributed by atoms with Gasteiger partial charge in [-0.1, -0.05) is 43.6 Å². The SMILES string of the molecule is COc1cccc(N(CC(=O)N(Cc2ccc(Cl)cc2)[C@H](C)C(=O)NCC(C)C)S(C)(=O)=O)c1. The number of halogens is 1. The zero-order valence-electron chi connectivity index (χ0n) is 20.1. The average molecular weight is 510 g/mol. The van der Waals surface area contributed by atoms with Crippen molar-refractivity contribution >= 4 is 39.1 Å². The quantitative estimate of drug-likeness (QED) is 0.501. The molecule has 8 nitrogen and oxygen atoms in total. The van der Waals surface area contributed by atoms with Gasteiger partial charge >= 0.3 is 0 Å². The topological polar surface area (TPSA) is 96.0 Å². The number of carbonyl (C=O) groups excluding carboxylic acids is 2. The van der Waals surface area contributed by atoms with Crippen molar-refractivity contribution in [3.8, 4) is 5.75 Å². The molecule has 1 atom stereocenters. The smallest absolute Gasteiger partial charge is 0.244 e. The molecule has 2 aromatic carbocycles. The third-order valence-corrected chi connectivity index (χ3v) is 6.53. The Bertz CT molecular complexity index is 1090. The van der Waals surface area contributed by atoms with Gasteiger partial charge in [-0.3, -0.25) is 13.9 Å². The first-order valence-electron chi connectivity index (χ1n) is 10.9. The summed E-state index contributed by atoms with van der Waals surface area (Å²) in [6.45, 7) is 5.67. The van der Waals surface area contributed by atoms with Crippen molar-refractivity contribution < 1.29 is 22.7 Å². The van der Waals surface area contributed by atoms with Crippen molar-refractivity contribution in [3.05, 3.63) is 59.1 Å². The summed E-state index contributed by atoms with van der Waals surface area (Å²) in [6.07, 6.45) is 1.03. The number of benzene rings is 2. The van der Waals surface area contributed by atoms with Crippen molar-refractivity contribution in [3.63, 3.8) is 0 Å². The molecular weight excluding hydrogens is 478 g/mol. The van der Waals surface area contributed by atoms with Gasteiger partial charge in [-0.2, -0.15) is 0 Å². The van der Waals surface area contributed by atoms with Gasteiger partial charge < -0.3 is 15.0 Å². The van der Waals surface area contributed by atoms with E-state index in [0.717, 1.165) is 16.1 Å². The van der Waals surface area contributed by atoms with Crippen molar-refractivity contribution in [2.75, 3.05) is 30.8 Å².